The number of rotatable bonds is 6. The van der Waals surface area contributed by atoms with Crippen LogP contribution in [0.4, 0.5) is 5.69 Å². The molecular formula is C16H21Cl2N3OS. The molecule has 0 fully saturated rings. The van der Waals surface area contributed by atoms with Gasteiger partial charge in [-0.3, -0.25) is 9.80 Å². The number of carbonyl (C=O) groups is 1. The highest BCUT2D eigenvalue weighted by Crippen LogP contribution is 2.29. The third-order valence-electron chi connectivity index (χ3n) is 3.61. The van der Waals surface area contributed by atoms with Gasteiger partial charge in [-0.1, -0.05) is 30.1 Å². The maximum Gasteiger partial charge on any atom is 0.225 e. The second kappa shape index (κ2) is 8.81. The highest BCUT2D eigenvalue weighted by atomic mass is 35.5. The first-order valence-corrected chi connectivity index (χ1v) is 9.76. The first-order valence-electron chi connectivity index (χ1n) is 7.61. The van der Waals surface area contributed by atoms with E-state index in [0.717, 1.165) is 24.3 Å². The summed E-state index contributed by atoms with van der Waals surface area (Å²) in [5, 5.41) is 10.3. The quantitative estimate of drug-likeness (QED) is 0.750. The van der Waals surface area contributed by atoms with Crippen LogP contribution in [0.3, 0.4) is 0 Å². The van der Waals surface area contributed by atoms with Gasteiger partial charge in [-0.25, -0.2) is 0 Å². The zero-order valence-corrected chi connectivity index (χ0v) is 15.6. The minimum absolute atomic E-state index is 0.0349. The molecule has 0 saturated carbocycles. The number of nitrogens with one attached hydrogen (secondary N) is 1. The smallest absolute Gasteiger partial charge is 0.225 e. The van der Waals surface area contributed by atoms with Crippen LogP contribution in [0, 0.1) is 5.92 Å². The molecule has 4 nitrogen and oxygen atoms in total. The highest BCUT2D eigenvalue weighted by molar-refractivity contribution is 7.98. The second-order valence-corrected chi connectivity index (χ2v) is 7.36. The van der Waals surface area contributed by atoms with Crippen molar-refractivity contribution in [1.29, 1.82) is 0 Å². The summed E-state index contributed by atoms with van der Waals surface area (Å²) < 4.78 is 0. The molecule has 1 aliphatic heterocycles. The van der Waals surface area contributed by atoms with Crippen LogP contribution in [0.1, 0.15) is 26.2 Å². The van der Waals surface area contributed by atoms with Gasteiger partial charge in [0, 0.05) is 12.3 Å². The molecule has 7 heteroatoms. The van der Waals surface area contributed by atoms with Crippen molar-refractivity contribution >= 4 is 52.4 Å². The van der Waals surface area contributed by atoms with Gasteiger partial charge < -0.3 is 5.32 Å². The van der Waals surface area contributed by atoms with E-state index >= 15 is 0 Å². The number of hydrogen-bond donors (Lipinski definition) is 1. The van der Waals surface area contributed by atoms with E-state index in [1.807, 2.05) is 18.0 Å². The number of amides is 1. The lowest BCUT2D eigenvalue weighted by Gasteiger charge is -2.14. The third kappa shape index (κ3) is 5.30. The van der Waals surface area contributed by atoms with Crippen molar-refractivity contribution in [3.05, 3.63) is 28.2 Å². The van der Waals surface area contributed by atoms with Crippen LogP contribution < -0.4 is 10.3 Å². The molecule has 0 spiro atoms. The normalized spacial score (nSPS) is 17.3. The SMILES string of the molecule is CSCCCCC(=O)NC1=NN(c2ccc(Cl)c(Cl)c2)CC1C. The maximum absolute atomic E-state index is 12.0. The lowest BCUT2D eigenvalue weighted by Crippen LogP contribution is -2.33. The minimum Gasteiger partial charge on any atom is -0.312 e. The molecule has 0 aromatic heterocycles. The van der Waals surface area contributed by atoms with Crippen LogP contribution in [0.25, 0.3) is 0 Å². The predicted octanol–water partition coefficient (Wildman–Crippen LogP) is 4.41. The Kier molecular flexibility index (Phi) is 7.06. The van der Waals surface area contributed by atoms with Crippen molar-refractivity contribution in [2.45, 2.75) is 26.2 Å². The van der Waals surface area contributed by atoms with Crippen LogP contribution >= 0.6 is 35.0 Å². The first-order chi connectivity index (χ1) is 11.0. The minimum atomic E-state index is 0.0349. The van der Waals surface area contributed by atoms with E-state index in [-0.39, 0.29) is 11.8 Å². The molecule has 2 rings (SSSR count). The van der Waals surface area contributed by atoms with Gasteiger partial charge in [0.1, 0.15) is 5.84 Å². The van der Waals surface area contributed by atoms with E-state index < -0.39 is 0 Å². The second-order valence-electron chi connectivity index (χ2n) is 5.56. The Balaban J connectivity index is 1.94. The number of hydrogen-bond acceptors (Lipinski definition) is 4. The van der Waals surface area contributed by atoms with E-state index in [2.05, 4.69) is 16.7 Å². The van der Waals surface area contributed by atoms with Crippen LogP contribution in [-0.2, 0) is 4.79 Å². The van der Waals surface area contributed by atoms with Gasteiger partial charge in [-0.05, 0) is 43.0 Å². The van der Waals surface area contributed by atoms with Gasteiger partial charge in [0.25, 0.3) is 0 Å². The molecule has 1 N–H and O–H groups in total. The molecule has 1 aromatic carbocycles. The van der Waals surface area contributed by atoms with E-state index in [1.165, 1.54) is 0 Å². The third-order valence-corrected chi connectivity index (χ3v) is 5.05. The van der Waals surface area contributed by atoms with E-state index in [1.54, 1.807) is 23.9 Å². The number of amidine groups is 1. The standard InChI is InChI=1S/C16H21Cl2N3OS/c1-11-10-21(12-6-7-13(17)14(18)9-12)20-16(11)19-15(22)5-3-4-8-23-2/h6-7,9,11H,3-5,8,10H2,1-2H3,(H,19,20,22). The number of nitrogens with zero attached hydrogens (tertiary/aromatic N) is 2. The number of benzene rings is 1. The van der Waals surface area contributed by atoms with Crippen molar-refractivity contribution in [3.63, 3.8) is 0 Å². The predicted molar refractivity (Wildman–Crippen MR) is 101 cm³/mol. The fourth-order valence-electron chi connectivity index (χ4n) is 2.31. The Morgan fingerprint density at radius 3 is 2.87 bits per heavy atom. The van der Waals surface area contributed by atoms with Crippen molar-refractivity contribution < 1.29 is 4.79 Å². The first kappa shape index (κ1) is 18.4. The van der Waals surface area contributed by atoms with Crippen LogP contribution in [-0.4, -0.2) is 30.3 Å². The summed E-state index contributed by atoms with van der Waals surface area (Å²) >= 11 is 13.8. The largest absolute Gasteiger partial charge is 0.312 e. The number of anilines is 1. The Morgan fingerprint density at radius 2 is 2.17 bits per heavy atom. The molecular weight excluding hydrogens is 353 g/mol. The Bertz CT molecular complexity index is 595. The summed E-state index contributed by atoms with van der Waals surface area (Å²) in [4.78, 5) is 12.0. The van der Waals surface area contributed by atoms with Gasteiger partial charge in [-0.15, -0.1) is 0 Å². The number of carbonyl (C=O) groups excluding carboxylic acids is 1. The average molecular weight is 374 g/mol. The molecule has 1 unspecified atom stereocenters. The summed E-state index contributed by atoms with van der Waals surface area (Å²) in [6.45, 7) is 2.75. The number of unbranched alkanes of at least 4 members (excludes halogenated alkanes) is 1. The Morgan fingerprint density at radius 1 is 1.39 bits per heavy atom. The number of halogens is 2. The summed E-state index contributed by atoms with van der Waals surface area (Å²) in [6.07, 6.45) is 4.59. The van der Waals surface area contributed by atoms with Crippen molar-refractivity contribution in [2.75, 3.05) is 23.6 Å². The fourth-order valence-corrected chi connectivity index (χ4v) is 3.09. The van der Waals surface area contributed by atoms with Crippen LogP contribution in [0.5, 0.6) is 0 Å². The molecule has 1 heterocycles. The topological polar surface area (TPSA) is 44.7 Å². The van der Waals surface area contributed by atoms with Crippen LogP contribution in [0.15, 0.2) is 23.3 Å². The monoisotopic (exact) mass is 373 g/mol. The van der Waals surface area contributed by atoms with Gasteiger partial charge in [0.05, 0.1) is 22.3 Å². The van der Waals surface area contributed by atoms with Gasteiger partial charge in [0.2, 0.25) is 5.91 Å². The lowest BCUT2D eigenvalue weighted by atomic mass is 10.1. The molecule has 0 aliphatic carbocycles. The summed E-state index contributed by atoms with van der Waals surface area (Å²) in [5.41, 5.74) is 0.871. The van der Waals surface area contributed by atoms with Crippen molar-refractivity contribution in [3.8, 4) is 0 Å². The molecule has 1 amide bonds. The lowest BCUT2D eigenvalue weighted by molar-refractivity contribution is -0.119. The molecule has 1 aliphatic rings. The van der Waals surface area contributed by atoms with E-state index in [4.69, 9.17) is 23.2 Å². The number of hydrazone groups is 1. The molecule has 0 saturated heterocycles. The zero-order valence-electron chi connectivity index (χ0n) is 13.3. The van der Waals surface area contributed by atoms with E-state index in [9.17, 15) is 4.79 Å². The number of thioether (sulfide) groups is 1. The molecule has 126 valence electrons. The van der Waals surface area contributed by atoms with Crippen molar-refractivity contribution in [1.82, 2.24) is 5.32 Å². The molecule has 1 aromatic rings. The van der Waals surface area contributed by atoms with Gasteiger partial charge >= 0.3 is 0 Å². The van der Waals surface area contributed by atoms with Crippen molar-refractivity contribution in [2.24, 2.45) is 11.0 Å². The molecule has 1 atom stereocenters. The van der Waals surface area contributed by atoms with E-state index in [0.29, 0.717) is 28.8 Å². The molecule has 0 radical (unpaired) electrons. The Labute approximate surface area is 151 Å². The van der Waals surface area contributed by atoms with Gasteiger partial charge in [-0.2, -0.15) is 16.9 Å². The van der Waals surface area contributed by atoms with Gasteiger partial charge in [0.15, 0.2) is 0 Å². The zero-order chi connectivity index (χ0) is 16.8. The molecule has 0 bridgehead atoms. The molecule has 23 heavy (non-hydrogen) atoms. The summed E-state index contributed by atoms with van der Waals surface area (Å²) in [6, 6.07) is 5.41. The summed E-state index contributed by atoms with van der Waals surface area (Å²) in [5.74, 6) is 2.01. The Hall–Kier alpha value is -0.910. The highest BCUT2D eigenvalue weighted by Gasteiger charge is 2.25. The maximum atomic E-state index is 12.0. The summed E-state index contributed by atoms with van der Waals surface area (Å²) in [7, 11) is 0. The average Bonchev–Trinajstić information content (AvgIpc) is 2.87. The fraction of sp³-hybridized carbons (Fsp3) is 0.500. The van der Waals surface area contributed by atoms with Crippen LogP contribution in [0.2, 0.25) is 10.0 Å².